The predicted molar refractivity (Wildman–Crippen MR) is 95.8 cm³/mol. The van der Waals surface area contributed by atoms with Crippen molar-refractivity contribution >= 4 is 11.6 Å². The molecule has 0 bridgehead atoms. The van der Waals surface area contributed by atoms with Crippen LogP contribution in [0.4, 0.5) is 13.2 Å². The van der Waals surface area contributed by atoms with Gasteiger partial charge in [0.1, 0.15) is 5.82 Å². The van der Waals surface area contributed by atoms with E-state index in [4.69, 9.17) is 16.3 Å². The lowest BCUT2D eigenvalue weighted by Crippen LogP contribution is -2.02. The molecule has 0 spiro atoms. The molecule has 0 aromatic heterocycles. The largest absolute Gasteiger partial charge is 0.490 e. The molecule has 0 fully saturated rings. The van der Waals surface area contributed by atoms with Gasteiger partial charge in [-0.2, -0.15) is 4.39 Å². The van der Waals surface area contributed by atoms with Gasteiger partial charge in [-0.3, -0.25) is 0 Å². The van der Waals surface area contributed by atoms with Crippen LogP contribution in [-0.2, 0) is 6.42 Å². The zero-order chi connectivity index (χ0) is 18.4. The lowest BCUT2D eigenvalue weighted by atomic mass is 10.0. The summed E-state index contributed by atoms with van der Waals surface area (Å²) in [5, 5.41) is -0.0425. The third-order valence-corrected chi connectivity index (χ3v) is 4.43. The highest BCUT2D eigenvalue weighted by atomic mass is 35.5. The summed E-state index contributed by atoms with van der Waals surface area (Å²) < 4.78 is 48.5. The molecular formula is C20H22ClF3O. The first-order valence-corrected chi connectivity index (χ1v) is 8.97. The summed E-state index contributed by atoms with van der Waals surface area (Å²) in [5.41, 5.74) is 0.432. The average Bonchev–Trinajstić information content (AvgIpc) is 2.60. The zero-order valence-electron chi connectivity index (χ0n) is 14.5. The molecule has 5 heteroatoms. The van der Waals surface area contributed by atoms with Gasteiger partial charge in [0.2, 0.25) is 5.82 Å². The molecule has 0 radical (unpaired) electrons. The number of unbranched alkanes of at least 4 members (excludes halogenated alkanes) is 2. The lowest BCUT2D eigenvalue weighted by molar-refractivity contribution is 0.286. The SMILES string of the molecule is CCCCCOc1ccc(-c2ccc(CCC)c(Cl)c2F)c(F)c1F. The number of hydrogen-bond donors (Lipinski definition) is 0. The van der Waals surface area contributed by atoms with Crippen LogP contribution in [0.5, 0.6) is 5.75 Å². The molecule has 2 rings (SSSR count). The monoisotopic (exact) mass is 370 g/mol. The van der Waals surface area contributed by atoms with Crippen LogP contribution in [-0.4, -0.2) is 6.61 Å². The number of rotatable bonds is 8. The molecule has 0 aliphatic rings. The van der Waals surface area contributed by atoms with Gasteiger partial charge in [-0.15, -0.1) is 0 Å². The van der Waals surface area contributed by atoms with E-state index in [9.17, 15) is 13.2 Å². The summed E-state index contributed by atoms with van der Waals surface area (Å²) in [6.07, 6.45) is 4.16. The van der Waals surface area contributed by atoms with E-state index < -0.39 is 17.5 Å². The van der Waals surface area contributed by atoms with Crippen LogP contribution in [0.25, 0.3) is 11.1 Å². The van der Waals surface area contributed by atoms with Crippen molar-refractivity contribution in [2.75, 3.05) is 6.61 Å². The molecule has 0 unspecified atom stereocenters. The summed E-state index contributed by atoms with van der Waals surface area (Å²) in [6, 6.07) is 5.73. The highest BCUT2D eigenvalue weighted by molar-refractivity contribution is 6.31. The van der Waals surface area contributed by atoms with E-state index >= 15 is 0 Å². The van der Waals surface area contributed by atoms with Crippen LogP contribution in [0, 0.1) is 17.5 Å². The van der Waals surface area contributed by atoms with E-state index in [1.54, 1.807) is 6.07 Å². The fraction of sp³-hybridized carbons (Fsp3) is 0.400. The van der Waals surface area contributed by atoms with E-state index in [0.29, 0.717) is 18.6 Å². The normalized spacial score (nSPS) is 11.0. The maximum atomic E-state index is 14.5. The molecule has 0 saturated heterocycles. The molecule has 0 N–H and O–H groups in total. The average molecular weight is 371 g/mol. The summed E-state index contributed by atoms with van der Waals surface area (Å²) in [6.45, 7) is 4.31. The van der Waals surface area contributed by atoms with Crippen molar-refractivity contribution in [1.29, 1.82) is 0 Å². The maximum Gasteiger partial charge on any atom is 0.201 e. The van der Waals surface area contributed by atoms with Gasteiger partial charge in [-0.05, 0) is 30.5 Å². The molecule has 0 atom stereocenters. The second-order valence-electron chi connectivity index (χ2n) is 5.95. The molecule has 2 aromatic rings. The van der Waals surface area contributed by atoms with E-state index in [2.05, 4.69) is 0 Å². The molecule has 1 nitrogen and oxygen atoms in total. The fourth-order valence-corrected chi connectivity index (χ4v) is 2.90. The number of halogens is 4. The minimum atomic E-state index is -1.13. The van der Waals surface area contributed by atoms with Gasteiger partial charge in [0.25, 0.3) is 0 Å². The molecule has 0 saturated carbocycles. The maximum absolute atomic E-state index is 14.5. The van der Waals surface area contributed by atoms with Crippen LogP contribution in [0.15, 0.2) is 24.3 Å². The summed E-state index contributed by atoms with van der Waals surface area (Å²) >= 11 is 6.03. The van der Waals surface area contributed by atoms with E-state index in [0.717, 1.165) is 25.7 Å². The number of ether oxygens (including phenoxy) is 1. The molecule has 25 heavy (non-hydrogen) atoms. The third kappa shape index (κ3) is 4.49. The van der Waals surface area contributed by atoms with Gasteiger partial charge in [0.15, 0.2) is 11.6 Å². The first kappa shape index (κ1) is 19.6. The minimum absolute atomic E-state index is 0.0425. The molecule has 2 aromatic carbocycles. The van der Waals surface area contributed by atoms with Gasteiger partial charge in [-0.25, -0.2) is 8.78 Å². The van der Waals surface area contributed by atoms with E-state index in [1.165, 1.54) is 18.2 Å². The predicted octanol–water partition coefficient (Wildman–Crippen LogP) is 6.95. The Balaban J connectivity index is 2.31. The Kier molecular flexibility index (Phi) is 7.18. The van der Waals surface area contributed by atoms with E-state index in [-0.39, 0.29) is 21.9 Å². The van der Waals surface area contributed by atoms with Crippen LogP contribution < -0.4 is 4.74 Å². The van der Waals surface area contributed by atoms with Crippen molar-refractivity contribution < 1.29 is 17.9 Å². The number of hydrogen-bond acceptors (Lipinski definition) is 1. The second kappa shape index (κ2) is 9.14. The van der Waals surface area contributed by atoms with Crippen LogP contribution in [0.2, 0.25) is 5.02 Å². The zero-order valence-corrected chi connectivity index (χ0v) is 15.2. The van der Waals surface area contributed by atoms with Crippen LogP contribution in [0.1, 0.15) is 45.1 Å². The van der Waals surface area contributed by atoms with Crippen molar-refractivity contribution in [1.82, 2.24) is 0 Å². The van der Waals surface area contributed by atoms with Crippen molar-refractivity contribution in [2.24, 2.45) is 0 Å². The molecule has 0 aliphatic carbocycles. The Morgan fingerprint density at radius 2 is 1.52 bits per heavy atom. The topological polar surface area (TPSA) is 9.23 Å². The molecule has 0 amide bonds. The Hall–Kier alpha value is -1.68. The quantitative estimate of drug-likeness (QED) is 0.457. The van der Waals surface area contributed by atoms with Crippen molar-refractivity contribution in [3.8, 4) is 16.9 Å². The van der Waals surface area contributed by atoms with Crippen molar-refractivity contribution in [3.63, 3.8) is 0 Å². The van der Waals surface area contributed by atoms with Gasteiger partial charge in [0.05, 0.1) is 11.6 Å². The Morgan fingerprint density at radius 3 is 2.20 bits per heavy atom. The van der Waals surface area contributed by atoms with E-state index in [1.807, 2.05) is 13.8 Å². The van der Waals surface area contributed by atoms with Gasteiger partial charge in [-0.1, -0.05) is 56.8 Å². The Morgan fingerprint density at radius 1 is 0.840 bits per heavy atom. The summed E-state index contributed by atoms with van der Waals surface area (Å²) in [7, 11) is 0. The minimum Gasteiger partial charge on any atom is -0.490 e. The van der Waals surface area contributed by atoms with Gasteiger partial charge in [0, 0.05) is 11.1 Å². The second-order valence-corrected chi connectivity index (χ2v) is 6.32. The smallest absolute Gasteiger partial charge is 0.201 e. The standard InChI is InChI=1S/C20H22ClF3O/c1-3-5-6-12-25-16-11-10-15(19(23)20(16)24)14-9-8-13(7-4-2)17(21)18(14)22/h8-11H,3-7,12H2,1-2H3. The molecule has 136 valence electrons. The molecule has 0 heterocycles. The van der Waals surface area contributed by atoms with Crippen LogP contribution >= 0.6 is 11.6 Å². The number of benzene rings is 2. The molecule has 0 aliphatic heterocycles. The van der Waals surface area contributed by atoms with Crippen molar-refractivity contribution in [3.05, 3.63) is 52.3 Å². The molecular weight excluding hydrogens is 349 g/mol. The highest BCUT2D eigenvalue weighted by Crippen LogP contribution is 2.35. The first-order chi connectivity index (χ1) is 12.0. The van der Waals surface area contributed by atoms with Gasteiger partial charge >= 0.3 is 0 Å². The Labute approximate surface area is 151 Å². The van der Waals surface area contributed by atoms with Gasteiger partial charge < -0.3 is 4.74 Å². The van der Waals surface area contributed by atoms with Crippen LogP contribution in [0.3, 0.4) is 0 Å². The summed E-state index contributed by atoms with van der Waals surface area (Å²) in [4.78, 5) is 0. The Bertz CT molecular complexity index is 731. The van der Waals surface area contributed by atoms with Crippen molar-refractivity contribution in [2.45, 2.75) is 46.0 Å². The summed E-state index contributed by atoms with van der Waals surface area (Å²) in [5.74, 6) is -3.14. The number of aryl methyl sites for hydroxylation is 1. The third-order valence-electron chi connectivity index (χ3n) is 4.02. The highest BCUT2D eigenvalue weighted by Gasteiger charge is 2.20. The fourth-order valence-electron chi connectivity index (χ4n) is 2.65. The first-order valence-electron chi connectivity index (χ1n) is 8.59. The lowest BCUT2D eigenvalue weighted by Gasteiger charge is -2.13.